The van der Waals surface area contributed by atoms with Crippen molar-refractivity contribution in [2.75, 3.05) is 0 Å². The Labute approximate surface area is 111 Å². The molecule has 0 spiro atoms. The Kier molecular flexibility index (Phi) is 2.88. The molecular formula is C17H11NO. The maximum absolute atomic E-state index is 8.99. The van der Waals surface area contributed by atoms with Crippen molar-refractivity contribution in [3.05, 3.63) is 72.5 Å². The van der Waals surface area contributed by atoms with Crippen molar-refractivity contribution < 1.29 is 4.42 Å². The minimum absolute atomic E-state index is 0.659. The van der Waals surface area contributed by atoms with E-state index in [2.05, 4.69) is 6.07 Å². The van der Waals surface area contributed by atoms with E-state index in [0.29, 0.717) is 5.56 Å². The molecule has 0 fully saturated rings. The molecule has 0 unspecified atom stereocenters. The monoisotopic (exact) mass is 245 g/mol. The van der Waals surface area contributed by atoms with Crippen LogP contribution in [0.15, 0.2) is 71.3 Å². The van der Waals surface area contributed by atoms with Gasteiger partial charge in [-0.1, -0.05) is 36.4 Å². The van der Waals surface area contributed by atoms with Crippen molar-refractivity contribution in [2.45, 2.75) is 0 Å². The molecular weight excluding hydrogens is 234 g/mol. The number of nitriles is 1. The van der Waals surface area contributed by atoms with Gasteiger partial charge in [0.2, 0.25) is 0 Å². The third-order valence-electron chi connectivity index (χ3n) is 3.02. The normalized spacial score (nSPS) is 10.1. The van der Waals surface area contributed by atoms with E-state index in [9.17, 15) is 0 Å². The van der Waals surface area contributed by atoms with E-state index in [4.69, 9.17) is 9.68 Å². The highest BCUT2D eigenvalue weighted by atomic mass is 16.3. The van der Waals surface area contributed by atoms with Gasteiger partial charge < -0.3 is 4.42 Å². The fourth-order valence-electron chi connectivity index (χ4n) is 2.14. The Morgan fingerprint density at radius 2 is 1.68 bits per heavy atom. The van der Waals surface area contributed by atoms with Crippen molar-refractivity contribution in [2.24, 2.45) is 0 Å². The molecule has 3 rings (SSSR count). The molecule has 1 heterocycles. The van der Waals surface area contributed by atoms with Gasteiger partial charge in [-0.2, -0.15) is 5.26 Å². The number of furan rings is 1. The third kappa shape index (κ3) is 2.14. The Balaban J connectivity index is 2.18. The lowest BCUT2D eigenvalue weighted by Crippen LogP contribution is -1.84. The predicted octanol–water partition coefficient (Wildman–Crippen LogP) is 4.49. The molecule has 0 saturated carbocycles. The van der Waals surface area contributed by atoms with Crippen molar-refractivity contribution in [1.29, 1.82) is 5.26 Å². The minimum Gasteiger partial charge on any atom is -0.464 e. The van der Waals surface area contributed by atoms with Gasteiger partial charge in [0.15, 0.2) is 0 Å². The highest BCUT2D eigenvalue weighted by molar-refractivity contribution is 5.81. The number of hydrogen-bond acceptors (Lipinski definition) is 2. The first-order chi connectivity index (χ1) is 9.38. The summed E-state index contributed by atoms with van der Waals surface area (Å²) >= 11 is 0. The molecule has 0 N–H and O–H groups in total. The molecule has 0 bridgehead atoms. The summed E-state index contributed by atoms with van der Waals surface area (Å²) in [6.07, 6.45) is 1.66. The summed E-state index contributed by atoms with van der Waals surface area (Å²) in [4.78, 5) is 0. The van der Waals surface area contributed by atoms with Gasteiger partial charge in [0, 0.05) is 5.56 Å². The quantitative estimate of drug-likeness (QED) is 0.667. The standard InChI is InChI=1S/C17H11NO/c18-12-13-5-3-6-14(11-13)15-7-1-2-8-16(15)17-9-4-10-19-17/h1-11H. The molecule has 2 heteroatoms. The van der Waals surface area contributed by atoms with Crippen molar-refractivity contribution in [1.82, 2.24) is 0 Å². The van der Waals surface area contributed by atoms with E-state index < -0.39 is 0 Å². The van der Waals surface area contributed by atoms with Crippen molar-refractivity contribution in [3.63, 3.8) is 0 Å². The Morgan fingerprint density at radius 3 is 2.42 bits per heavy atom. The molecule has 2 aromatic carbocycles. The van der Waals surface area contributed by atoms with Crippen molar-refractivity contribution in [3.8, 4) is 28.5 Å². The van der Waals surface area contributed by atoms with Crippen LogP contribution in [-0.2, 0) is 0 Å². The Morgan fingerprint density at radius 1 is 0.842 bits per heavy atom. The van der Waals surface area contributed by atoms with Gasteiger partial charge in [-0.15, -0.1) is 0 Å². The molecule has 2 nitrogen and oxygen atoms in total. The smallest absolute Gasteiger partial charge is 0.134 e. The lowest BCUT2D eigenvalue weighted by atomic mass is 9.97. The average Bonchev–Trinajstić information content (AvgIpc) is 3.01. The van der Waals surface area contributed by atoms with Gasteiger partial charge in [-0.05, 0) is 35.4 Å². The summed E-state index contributed by atoms with van der Waals surface area (Å²) in [6, 6.07) is 21.6. The largest absolute Gasteiger partial charge is 0.464 e. The fourth-order valence-corrected chi connectivity index (χ4v) is 2.14. The first-order valence-corrected chi connectivity index (χ1v) is 6.02. The molecule has 0 atom stereocenters. The highest BCUT2D eigenvalue weighted by Crippen LogP contribution is 2.32. The second-order valence-corrected chi connectivity index (χ2v) is 4.22. The van der Waals surface area contributed by atoms with Crippen LogP contribution in [0.1, 0.15) is 5.56 Å². The molecule has 0 radical (unpaired) electrons. The zero-order valence-electron chi connectivity index (χ0n) is 10.2. The molecule has 3 aromatic rings. The van der Waals surface area contributed by atoms with Crippen molar-refractivity contribution >= 4 is 0 Å². The topological polar surface area (TPSA) is 36.9 Å². The highest BCUT2D eigenvalue weighted by Gasteiger charge is 2.09. The van der Waals surface area contributed by atoms with E-state index in [1.807, 2.05) is 54.6 Å². The van der Waals surface area contributed by atoms with E-state index in [-0.39, 0.29) is 0 Å². The third-order valence-corrected chi connectivity index (χ3v) is 3.02. The maximum Gasteiger partial charge on any atom is 0.134 e. The molecule has 0 aliphatic heterocycles. The zero-order chi connectivity index (χ0) is 13.1. The summed E-state index contributed by atoms with van der Waals surface area (Å²) < 4.78 is 5.47. The number of rotatable bonds is 2. The van der Waals surface area contributed by atoms with E-state index in [1.165, 1.54) is 0 Å². The molecule has 0 amide bonds. The van der Waals surface area contributed by atoms with Gasteiger partial charge in [-0.3, -0.25) is 0 Å². The van der Waals surface area contributed by atoms with Gasteiger partial charge in [0.25, 0.3) is 0 Å². The average molecular weight is 245 g/mol. The first-order valence-electron chi connectivity index (χ1n) is 6.02. The minimum atomic E-state index is 0.659. The molecule has 19 heavy (non-hydrogen) atoms. The van der Waals surface area contributed by atoms with Crippen LogP contribution in [0.25, 0.3) is 22.5 Å². The van der Waals surface area contributed by atoms with Gasteiger partial charge in [0.1, 0.15) is 5.76 Å². The van der Waals surface area contributed by atoms with Crippen LogP contribution in [0.2, 0.25) is 0 Å². The van der Waals surface area contributed by atoms with Crippen LogP contribution in [0.3, 0.4) is 0 Å². The number of hydrogen-bond donors (Lipinski definition) is 0. The summed E-state index contributed by atoms with van der Waals surface area (Å²) in [7, 11) is 0. The molecule has 0 saturated heterocycles. The summed E-state index contributed by atoms with van der Waals surface area (Å²) in [5.41, 5.74) is 3.77. The van der Waals surface area contributed by atoms with Gasteiger partial charge in [0.05, 0.1) is 17.9 Å². The van der Waals surface area contributed by atoms with Crippen LogP contribution in [0, 0.1) is 11.3 Å². The van der Waals surface area contributed by atoms with E-state index in [1.54, 1.807) is 12.3 Å². The summed E-state index contributed by atoms with van der Waals surface area (Å²) in [6.45, 7) is 0. The molecule has 0 aliphatic rings. The zero-order valence-corrected chi connectivity index (χ0v) is 10.2. The summed E-state index contributed by atoms with van der Waals surface area (Å²) in [5, 5.41) is 8.99. The SMILES string of the molecule is N#Cc1cccc(-c2ccccc2-c2ccco2)c1. The fraction of sp³-hybridized carbons (Fsp3) is 0. The molecule has 90 valence electrons. The van der Waals surface area contributed by atoms with E-state index in [0.717, 1.165) is 22.5 Å². The van der Waals surface area contributed by atoms with Gasteiger partial charge >= 0.3 is 0 Å². The Bertz CT molecular complexity index is 736. The second kappa shape index (κ2) is 4.83. The van der Waals surface area contributed by atoms with Crippen LogP contribution in [-0.4, -0.2) is 0 Å². The number of nitrogens with zero attached hydrogens (tertiary/aromatic N) is 1. The number of benzene rings is 2. The molecule has 0 aliphatic carbocycles. The van der Waals surface area contributed by atoms with Crippen LogP contribution < -0.4 is 0 Å². The molecule has 1 aromatic heterocycles. The summed E-state index contributed by atoms with van der Waals surface area (Å²) in [5.74, 6) is 0.831. The first kappa shape index (κ1) is 11.3. The predicted molar refractivity (Wildman–Crippen MR) is 74.3 cm³/mol. The van der Waals surface area contributed by atoms with Gasteiger partial charge in [-0.25, -0.2) is 0 Å². The lowest BCUT2D eigenvalue weighted by molar-refractivity contribution is 0.582. The van der Waals surface area contributed by atoms with E-state index >= 15 is 0 Å². The lowest BCUT2D eigenvalue weighted by Gasteiger charge is -2.07. The maximum atomic E-state index is 8.99. The van der Waals surface area contributed by atoms with Crippen LogP contribution >= 0.6 is 0 Å². The van der Waals surface area contributed by atoms with Crippen LogP contribution in [0.4, 0.5) is 0 Å². The second-order valence-electron chi connectivity index (χ2n) is 4.22. The van der Waals surface area contributed by atoms with Crippen LogP contribution in [0.5, 0.6) is 0 Å². The Hall–Kier alpha value is -2.79.